The molecule has 0 amide bonds. The fraction of sp³-hybridized carbons (Fsp3) is 0.245. The number of rotatable bonds is 18. The minimum absolute atomic E-state index is 0.00470. The van der Waals surface area contributed by atoms with E-state index in [-0.39, 0.29) is 10.8 Å². The maximum atomic E-state index is 2.61. The highest BCUT2D eigenvalue weighted by atomic mass is 15.2. The molecular formula is C98H100N2. The highest BCUT2D eigenvalue weighted by Crippen LogP contribution is 2.51. The van der Waals surface area contributed by atoms with Gasteiger partial charge in [0.1, 0.15) is 0 Å². The summed E-state index contributed by atoms with van der Waals surface area (Å²) in [5, 5.41) is 5.23. The number of benzene rings is 13. The Morgan fingerprint density at radius 3 is 1.11 bits per heavy atom. The van der Waals surface area contributed by atoms with E-state index in [4.69, 9.17) is 0 Å². The summed E-state index contributed by atoms with van der Waals surface area (Å²) in [6.45, 7) is 37.4. The molecule has 502 valence electrons. The van der Waals surface area contributed by atoms with Gasteiger partial charge in [-0.25, -0.2) is 0 Å². The van der Waals surface area contributed by atoms with Crippen molar-refractivity contribution in [3.8, 4) is 66.8 Å². The molecule has 2 heteroatoms. The highest BCUT2D eigenvalue weighted by Gasteiger charge is 2.45. The van der Waals surface area contributed by atoms with E-state index in [1.807, 2.05) is 0 Å². The second kappa shape index (κ2) is 27.6. The molecule has 0 aliphatic heterocycles. The fourth-order valence-electron chi connectivity index (χ4n) is 15.4. The van der Waals surface area contributed by atoms with Crippen molar-refractivity contribution in [3.63, 3.8) is 0 Å². The molecule has 0 radical (unpaired) electrons. The van der Waals surface area contributed by atoms with Gasteiger partial charge in [0.25, 0.3) is 0 Å². The number of fused-ring (bicyclic) bond motifs is 2. The lowest BCUT2D eigenvalue weighted by molar-refractivity contribution is 0.304. The number of anilines is 5. The summed E-state index contributed by atoms with van der Waals surface area (Å²) in [5.74, 6) is 0.493. The lowest BCUT2D eigenvalue weighted by Gasteiger charge is -2.51. The van der Waals surface area contributed by atoms with Crippen molar-refractivity contribution >= 4 is 50.0 Å². The summed E-state index contributed by atoms with van der Waals surface area (Å²) in [6.07, 6.45) is 3.13. The average molecular weight is 1310 g/mol. The third kappa shape index (κ3) is 13.4. The van der Waals surface area contributed by atoms with Crippen molar-refractivity contribution in [2.24, 2.45) is 0 Å². The van der Waals surface area contributed by atoms with E-state index in [2.05, 4.69) is 394 Å². The van der Waals surface area contributed by atoms with Crippen LogP contribution in [-0.2, 0) is 29.1 Å². The summed E-state index contributed by atoms with van der Waals surface area (Å²) in [6, 6.07) is 104. The van der Waals surface area contributed by atoms with Crippen molar-refractivity contribution in [2.75, 3.05) is 9.80 Å². The maximum Gasteiger partial charge on any atom is 0.0486 e. The molecule has 13 aromatic carbocycles. The van der Waals surface area contributed by atoms with E-state index in [0.717, 1.165) is 47.7 Å². The van der Waals surface area contributed by atoms with Gasteiger partial charge in [-0.15, -0.1) is 0 Å². The molecule has 100 heavy (non-hydrogen) atoms. The molecular weight excluding hydrogens is 1210 g/mol. The zero-order valence-electron chi connectivity index (χ0n) is 62.1. The molecule has 2 nitrogen and oxygen atoms in total. The Morgan fingerprint density at radius 2 is 0.700 bits per heavy atom. The van der Waals surface area contributed by atoms with Crippen LogP contribution < -0.4 is 9.80 Å². The Hall–Kier alpha value is -10.0. The van der Waals surface area contributed by atoms with E-state index < -0.39 is 11.0 Å². The first-order chi connectivity index (χ1) is 47.9. The lowest BCUT2D eigenvalue weighted by atomic mass is 9.66. The quantitative estimate of drug-likeness (QED) is 0.0845. The van der Waals surface area contributed by atoms with Crippen LogP contribution in [0.5, 0.6) is 0 Å². The lowest BCUT2D eigenvalue weighted by Crippen LogP contribution is -2.54. The van der Waals surface area contributed by atoms with Gasteiger partial charge in [-0.05, 0) is 251 Å². The minimum atomic E-state index is -0.468. The molecule has 0 unspecified atom stereocenters. The molecule has 0 aliphatic carbocycles. The second-order valence-corrected chi connectivity index (χ2v) is 31.4. The number of nitrogens with zero attached hydrogens (tertiary/aromatic N) is 2. The van der Waals surface area contributed by atoms with Gasteiger partial charge in [0.2, 0.25) is 0 Å². The Kier molecular flexibility index (Phi) is 18.9. The third-order valence-corrected chi connectivity index (χ3v) is 21.9. The zero-order valence-corrected chi connectivity index (χ0v) is 62.1. The summed E-state index contributed by atoms with van der Waals surface area (Å²) in [4.78, 5) is 5.00. The van der Waals surface area contributed by atoms with Crippen LogP contribution in [0.25, 0.3) is 88.3 Å². The van der Waals surface area contributed by atoms with Crippen LogP contribution in [0.3, 0.4) is 0 Å². The summed E-state index contributed by atoms with van der Waals surface area (Å²) in [7, 11) is 0. The average Bonchev–Trinajstić information content (AvgIpc) is 0.719. The number of aryl methyl sites for hydroxylation is 4. The van der Waals surface area contributed by atoms with E-state index in [1.54, 1.807) is 0 Å². The first kappa shape index (κ1) is 68.5. The van der Waals surface area contributed by atoms with Crippen LogP contribution in [-0.4, -0.2) is 5.54 Å². The Bertz CT molecular complexity index is 5030. The van der Waals surface area contributed by atoms with Gasteiger partial charge < -0.3 is 9.80 Å². The third-order valence-electron chi connectivity index (χ3n) is 21.9. The van der Waals surface area contributed by atoms with E-state index >= 15 is 0 Å². The Morgan fingerprint density at radius 1 is 0.340 bits per heavy atom. The monoisotopic (exact) mass is 1300 g/mol. The molecule has 0 aliphatic rings. The van der Waals surface area contributed by atoms with Gasteiger partial charge in [0, 0.05) is 39.4 Å². The van der Waals surface area contributed by atoms with Crippen LogP contribution in [0.4, 0.5) is 28.4 Å². The van der Waals surface area contributed by atoms with Gasteiger partial charge in [-0.2, -0.15) is 0 Å². The molecule has 0 atom stereocenters. The molecule has 0 bridgehead atoms. The predicted octanol–water partition coefficient (Wildman–Crippen LogP) is 28.2. The summed E-state index contributed by atoms with van der Waals surface area (Å²) < 4.78 is 0. The number of hydrogen-bond donors (Lipinski definition) is 0. The molecule has 0 aromatic heterocycles. The van der Waals surface area contributed by atoms with Crippen molar-refractivity contribution in [2.45, 2.75) is 158 Å². The van der Waals surface area contributed by atoms with Crippen molar-refractivity contribution < 1.29 is 0 Å². The largest absolute Gasteiger partial charge is 0.335 e. The van der Waals surface area contributed by atoms with Crippen LogP contribution in [0.15, 0.2) is 273 Å². The van der Waals surface area contributed by atoms with E-state index in [1.165, 1.54) is 133 Å². The Balaban J connectivity index is 0.835. The molecule has 0 spiro atoms. The number of hydrogen-bond acceptors (Lipinski definition) is 2. The van der Waals surface area contributed by atoms with Gasteiger partial charge >= 0.3 is 0 Å². The second-order valence-electron chi connectivity index (χ2n) is 31.4. The standard InChI is InChI=1S/C98H100N2/c1-17-23-68-28-30-71(31-29-68)76-42-57-84(58-43-76)100(98(15,16)97(13,14)92-63-67(6)94(90-27-22-20-25-88(90)92)93-66(5)62-91(96(10,11)12)87-24-19-21-26-89(87)93)85-59-44-77(45-60-85)79-48-61-86(69(18-2)64-79)78-46-55-83(56-47-78)99(81-51-38-74(39-52-81)72-34-32-70(33-35-72)65(3)4)82-53-40-75(41-54-82)73-36-49-80(50-37-73)95(7,8)9/h19-22,24-65H,17-18,23H2,1-16H3. The van der Waals surface area contributed by atoms with Crippen molar-refractivity contribution in [3.05, 3.63) is 317 Å². The molecule has 0 saturated heterocycles. The maximum absolute atomic E-state index is 2.61. The van der Waals surface area contributed by atoms with Gasteiger partial charge in [0.05, 0.1) is 0 Å². The summed E-state index contributed by atoms with van der Waals surface area (Å²) in [5.41, 5.74) is 30.4. The smallest absolute Gasteiger partial charge is 0.0486 e. The molecule has 0 fully saturated rings. The van der Waals surface area contributed by atoms with Crippen LogP contribution in [0, 0.1) is 13.8 Å². The SMILES string of the molecule is CCCc1ccc(-c2ccc(N(c3ccc(-c4ccc(-c5ccc(N(c6ccc(-c7ccc(C(C)C)cc7)cc6)c6ccc(-c7ccc(C(C)(C)C)cc7)cc6)cc5)c(CC)c4)cc3)C(C)(C)C(C)(C)c3cc(C)c(-c4c(C)cc(C(C)(C)C)c5ccccc45)c4ccccc34)cc2)cc1. The van der Waals surface area contributed by atoms with Gasteiger partial charge in [-0.1, -0.05) is 302 Å². The molecule has 0 heterocycles. The first-order valence-corrected chi connectivity index (χ1v) is 36.5. The van der Waals surface area contributed by atoms with Crippen molar-refractivity contribution in [1.29, 1.82) is 0 Å². The zero-order chi connectivity index (χ0) is 70.4. The molecule has 13 rings (SSSR count). The van der Waals surface area contributed by atoms with Crippen molar-refractivity contribution in [1.82, 2.24) is 0 Å². The van der Waals surface area contributed by atoms with Gasteiger partial charge in [-0.3, -0.25) is 0 Å². The topological polar surface area (TPSA) is 6.48 Å². The van der Waals surface area contributed by atoms with Crippen LogP contribution in [0.2, 0.25) is 0 Å². The molecule has 0 saturated carbocycles. The molecule has 13 aromatic rings. The summed E-state index contributed by atoms with van der Waals surface area (Å²) >= 11 is 0. The fourth-order valence-corrected chi connectivity index (χ4v) is 15.4. The van der Waals surface area contributed by atoms with E-state index in [0.29, 0.717) is 5.92 Å². The van der Waals surface area contributed by atoms with E-state index in [9.17, 15) is 0 Å². The van der Waals surface area contributed by atoms with Crippen LogP contribution >= 0.6 is 0 Å². The highest BCUT2D eigenvalue weighted by molar-refractivity contribution is 6.10. The Labute approximate surface area is 598 Å². The predicted molar refractivity (Wildman–Crippen MR) is 435 cm³/mol. The molecule has 0 N–H and O–H groups in total. The van der Waals surface area contributed by atoms with Crippen LogP contribution in [0.1, 0.15) is 154 Å². The first-order valence-electron chi connectivity index (χ1n) is 36.5. The minimum Gasteiger partial charge on any atom is -0.335 e. The van der Waals surface area contributed by atoms with Gasteiger partial charge in [0.15, 0.2) is 0 Å². The normalized spacial score (nSPS) is 12.2.